The van der Waals surface area contributed by atoms with Gasteiger partial charge in [-0.15, -0.1) is 12.3 Å². The molecule has 0 spiro atoms. The van der Waals surface area contributed by atoms with E-state index in [0.29, 0.717) is 0 Å². The minimum Gasteiger partial charge on any atom is -0.303 e. The molecule has 0 N–H and O–H groups in total. The molecule has 0 atom stereocenters. The number of nitrogens with zero attached hydrogens (tertiary/aromatic N) is 1. The normalized spacial score (nSPS) is 10.3. The summed E-state index contributed by atoms with van der Waals surface area (Å²) in [5.41, 5.74) is 0. The lowest BCUT2D eigenvalue weighted by Gasteiger charge is -2.20. The molecule has 0 aliphatic rings. The lowest BCUT2D eigenvalue weighted by atomic mass is 10.2. The first kappa shape index (κ1) is 12.5. The van der Waals surface area contributed by atoms with Gasteiger partial charge >= 0.3 is 0 Å². The van der Waals surface area contributed by atoms with Gasteiger partial charge in [0.05, 0.1) is 0 Å². The monoisotopic (exact) mass is 181 g/mol. The highest BCUT2D eigenvalue weighted by Gasteiger charge is 2.00. The van der Waals surface area contributed by atoms with Crippen LogP contribution < -0.4 is 0 Å². The topological polar surface area (TPSA) is 3.24 Å². The summed E-state index contributed by atoms with van der Waals surface area (Å²) in [5.74, 6) is 2.69. The third-order valence-corrected chi connectivity index (χ3v) is 2.13. The first-order chi connectivity index (χ1) is 6.35. The molecular formula is C12H23N. The highest BCUT2D eigenvalue weighted by atomic mass is 15.1. The SMILES string of the molecule is C#CCCCCN(CCC)CCC. The van der Waals surface area contributed by atoms with Crippen molar-refractivity contribution in [3.8, 4) is 12.3 Å². The zero-order valence-corrected chi connectivity index (χ0v) is 9.18. The van der Waals surface area contributed by atoms with Crippen LogP contribution in [0.2, 0.25) is 0 Å². The largest absolute Gasteiger partial charge is 0.303 e. The van der Waals surface area contributed by atoms with E-state index in [0.717, 1.165) is 6.42 Å². The van der Waals surface area contributed by atoms with E-state index in [1.807, 2.05) is 0 Å². The van der Waals surface area contributed by atoms with Gasteiger partial charge in [-0.3, -0.25) is 0 Å². The van der Waals surface area contributed by atoms with Crippen LogP contribution in [0.1, 0.15) is 46.0 Å². The van der Waals surface area contributed by atoms with E-state index in [1.165, 1.54) is 45.3 Å². The highest BCUT2D eigenvalue weighted by Crippen LogP contribution is 2.00. The Morgan fingerprint density at radius 2 is 1.62 bits per heavy atom. The number of rotatable bonds is 8. The summed E-state index contributed by atoms with van der Waals surface area (Å²) in [4.78, 5) is 2.54. The molecule has 0 amide bonds. The first-order valence-electron chi connectivity index (χ1n) is 5.51. The standard InChI is InChI=1S/C12H23N/c1-4-7-8-9-12-13(10-5-2)11-6-3/h1H,5-12H2,2-3H3. The Kier molecular flexibility index (Phi) is 9.25. The van der Waals surface area contributed by atoms with Gasteiger partial charge in [0.25, 0.3) is 0 Å². The molecule has 0 aromatic heterocycles. The Bertz CT molecular complexity index is 129. The quantitative estimate of drug-likeness (QED) is 0.411. The summed E-state index contributed by atoms with van der Waals surface area (Å²) in [5, 5.41) is 0. The molecule has 0 bridgehead atoms. The van der Waals surface area contributed by atoms with Gasteiger partial charge in [0.2, 0.25) is 0 Å². The molecule has 76 valence electrons. The molecule has 1 nitrogen and oxygen atoms in total. The van der Waals surface area contributed by atoms with Crippen molar-refractivity contribution >= 4 is 0 Å². The maximum Gasteiger partial charge on any atom is 0.00865 e. The second kappa shape index (κ2) is 9.61. The number of unbranched alkanes of at least 4 members (excludes halogenated alkanes) is 2. The Balaban J connectivity index is 3.39. The van der Waals surface area contributed by atoms with E-state index in [-0.39, 0.29) is 0 Å². The highest BCUT2D eigenvalue weighted by molar-refractivity contribution is 4.82. The Labute approximate surface area is 83.5 Å². The van der Waals surface area contributed by atoms with Gasteiger partial charge in [0, 0.05) is 6.42 Å². The Morgan fingerprint density at radius 1 is 1.00 bits per heavy atom. The molecule has 0 heterocycles. The van der Waals surface area contributed by atoms with E-state index >= 15 is 0 Å². The molecule has 0 saturated heterocycles. The van der Waals surface area contributed by atoms with Crippen molar-refractivity contribution in [1.82, 2.24) is 4.90 Å². The zero-order valence-electron chi connectivity index (χ0n) is 9.18. The van der Waals surface area contributed by atoms with Crippen molar-refractivity contribution in [2.75, 3.05) is 19.6 Å². The van der Waals surface area contributed by atoms with Crippen LogP contribution in [0.4, 0.5) is 0 Å². The van der Waals surface area contributed by atoms with Gasteiger partial charge < -0.3 is 4.90 Å². The summed E-state index contributed by atoms with van der Waals surface area (Å²) < 4.78 is 0. The average Bonchev–Trinajstić information content (AvgIpc) is 2.13. The minimum atomic E-state index is 0.937. The third-order valence-electron chi connectivity index (χ3n) is 2.13. The smallest absolute Gasteiger partial charge is 0.00865 e. The van der Waals surface area contributed by atoms with Crippen LogP contribution in [0.5, 0.6) is 0 Å². The molecule has 0 fully saturated rings. The predicted octanol–water partition coefficient (Wildman–Crippen LogP) is 2.91. The molecule has 0 aliphatic heterocycles. The van der Waals surface area contributed by atoms with Crippen LogP contribution in [0.15, 0.2) is 0 Å². The van der Waals surface area contributed by atoms with Gasteiger partial charge in [0.15, 0.2) is 0 Å². The fourth-order valence-electron chi connectivity index (χ4n) is 1.53. The lowest BCUT2D eigenvalue weighted by molar-refractivity contribution is 0.269. The van der Waals surface area contributed by atoms with Gasteiger partial charge in [0.1, 0.15) is 0 Å². The van der Waals surface area contributed by atoms with Crippen molar-refractivity contribution in [1.29, 1.82) is 0 Å². The van der Waals surface area contributed by atoms with Gasteiger partial charge in [-0.25, -0.2) is 0 Å². The van der Waals surface area contributed by atoms with Crippen molar-refractivity contribution < 1.29 is 0 Å². The van der Waals surface area contributed by atoms with E-state index < -0.39 is 0 Å². The molecule has 0 aromatic rings. The molecule has 0 aromatic carbocycles. The second-order valence-electron chi connectivity index (χ2n) is 3.50. The Hall–Kier alpha value is -0.480. The Morgan fingerprint density at radius 3 is 2.08 bits per heavy atom. The molecular weight excluding hydrogens is 158 g/mol. The number of hydrogen-bond acceptors (Lipinski definition) is 1. The third kappa shape index (κ3) is 7.87. The molecule has 0 aliphatic carbocycles. The van der Waals surface area contributed by atoms with Crippen LogP contribution >= 0.6 is 0 Å². The molecule has 0 radical (unpaired) electrons. The maximum atomic E-state index is 5.20. The maximum absolute atomic E-state index is 5.20. The fraction of sp³-hybridized carbons (Fsp3) is 0.833. The summed E-state index contributed by atoms with van der Waals surface area (Å²) in [6, 6.07) is 0. The second-order valence-corrected chi connectivity index (χ2v) is 3.50. The van der Waals surface area contributed by atoms with Crippen LogP contribution in [0.3, 0.4) is 0 Å². The summed E-state index contributed by atoms with van der Waals surface area (Å²) >= 11 is 0. The van der Waals surface area contributed by atoms with Crippen LogP contribution in [0, 0.1) is 12.3 Å². The summed E-state index contributed by atoms with van der Waals surface area (Å²) in [6.45, 7) is 8.19. The summed E-state index contributed by atoms with van der Waals surface area (Å²) in [7, 11) is 0. The van der Waals surface area contributed by atoms with E-state index in [9.17, 15) is 0 Å². The molecule has 1 heteroatoms. The molecule has 0 rings (SSSR count). The summed E-state index contributed by atoms with van der Waals surface area (Å²) in [6.07, 6.45) is 11.1. The fourth-order valence-corrected chi connectivity index (χ4v) is 1.53. The van der Waals surface area contributed by atoms with Crippen LogP contribution in [0.25, 0.3) is 0 Å². The zero-order chi connectivity index (χ0) is 9.94. The van der Waals surface area contributed by atoms with Crippen molar-refractivity contribution in [2.24, 2.45) is 0 Å². The first-order valence-corrected chi connectivity index (χ1v) is 5.51. The van der Waals surface area contributed by atoms with Crippen molar-refractivity contribution in [2.45, 2.75) is 46.0 Å². The molecule has 0 unspecified atom stereocenters. The minimum absolute atomic E-state index is 0.937. The van der Waals surface area contributed by atoms with Gasteiger partial charge in [-0.2, -0.15) is 0 Å². The lowest BCUT2D eigenvalue weighted by Crippen LogP contribution is -2.26. The van der Waals surface area contributed by atoms with E-state index in [2.05, 4.69) is 24.7 Å². The predicted molar refractivity (Wildman–Crippen MR) is 59.7 cm³/mol. The average molecular weight is 181 g/mol. The molecule has 0 saturated carbocycles. The number of terminal acetylenes is 1. The van der Waals surface area contributed by atoms with Crippen molar-refractivity contribution in [3.63, 3.8) is 0 Å². The van der Waals surface area contributed by atoms with Gasteiger partial charge in [-0.1, -0.05) is 13.8 Å². The van der Waals surface area contributed by atoms with Crippen LogP contribution in [-0.2, 0) is 0 Å². The molecule has 13 heavy (non-hydrogen) atoms. The van der Waals surface area contributed by atoms with E-state index in [1.54, 1.807) is 0 Å². The van der Waals surface area contributed by atoms with Crippen molar-refractivity contribution in [3.05, 3.63) is 0 Å². The van der Waals surface area contributed by atoms with Crippen LogP contribution in [-0.4, -0.2) is 24.5 Å². The van der Waals surface area contributed by atoms with Gasteiger partial charge in [-0.05, 0) is 45.3 Å². The van der Waals surface area contributed by atoms with E-state index in [4.69, 9.17) is 6.42 Å². The number of hydrogen-bond donors (Lipinski definition) is 0.